The number of aromatic nitrogens is 3. The fourth-order valence-corrected chi connectivity index (χ4v) is 4.33. The second-order valence-corrected chi connectivity index (χ2v) is 8.70. The molecule has 0 radical (unpaired) electrons. The molecular formula is C26H27FN6O. The molecule has 1 aliphatic heterocycles. The fourth-order valence-electron chi connectivity index (χ4n) is 4.33. The molecule has 1 saturated heterocycles. The molecule has 4 aromatic rings. The van der Waals surface area contributed by atoms with E-state index >= 15 is 0 Å². The summed E-state index contributed by atoms with van der Waals surface area (Å²) >= 11 is 0. The summed E-state index contributed by atoms with van der Waals surface area (Å²) in [5.74, 6) is 0.497. The molecule has 1 fully saturated rings. The topological polar surface area (TPSA) is 66.3 Å². The van der Waals surface area contributed by atoms with Crippen LogP contribution in [0.1, 0.15) is 17.0 Å². The number of fused-ring (bicyclic) bond motifs is 1. The lowest BCUT2D eigenvalue weighted by Gasteiger charge is -2.34. The minimum atomic E-state index is -0.301. The van der Waals surface area contributed by atoms with Gasteiger partial charge < -0.3 is 10.2 Å². The predicted molar refractivity (Wildman–Crippen MR) is 131 cm³/mol. The number of rotatable bonds is 4. The molecule has 0 aliphatic carbocycles. The van der Waals surface area contributed by atoms with Crippen molar-refractivity contribution in [2.75, 3.05) is 31.5 Å². The molecule has 2 amide bonds. The largest absolute Gasteiger partial charge is 0.322 e. The Balaban J connectivity index is 1.30. The minimum absolute atomic E-state index is 0.0791. The lowest BCUT2D eigenvalue weighted by molar-refractivity contribution is 0.140. The third kappa shape index (κ3) is 4.49. The van der Waals surface area contributed by atoms with Crippen molar-refractivity contribution in [1.82, 2.24) is 24.3 Å². The molecule has 2 aromatic carbocycles. The zero-order chi connectivity index (χ0) is 23.7. The Bertz CT molecular complexity index is 1340. The standard InChI is InChI=1S/C26H27FN6O/c1-18-8-9-19(2)23(15-18)30-26(34)32-13-11-31(12-14-32)17-24-29-22-7-4-10-28-25(22)33(24)21-6-3-5-20(27)16-21/h3-10,15-16H,11-14,17H2,1-2H3,(H,30,34). The van der Waals surface area contributed by atoms with E-state index in [-0.39, 0.29) is 11.8 Å². The first-order valence-electron chi connectivity index (χ1n) is 11.4. The molecule has 0 unspecified atom stereocenters. The molecule has 1 aliphatic rings. The van der Waals surface area contributed by atoms with Gasteiger partial charge >= 0.3 is 6.03 Å². The second-order valence-electron chi connectivity index (χ2n) is 8.70. The molecule has 34 heavy (non-hydrogen) atoms. The van der Waals surface area contributed by atoms with Crippen LogP contribution < -0.4 is 5.32 Å². The number of hydrogen-bond acceptors (Lipinski definition) is 4. The van der Waals surface area contributed by atoms with Gasteiger partial charge in [0.05, 0.1) is 12.2 Å². The number of halogens is 1. The zero-order valence-electron chi connectivity index (χ0n) is 19.3. The summed E-state index contributed by atoms with van der Waals surface area (Å²) in [6, 6.07) is 16.2. The number of benzene rings is 2. The molecule has 7 nitrogen and oxygen atoms in total. The van der Waals surface area contributed by atoms with E-state index in [1.807, 2.05) is 59.7 Å². The number of aryl methyl sites for hydroxylation is 2. The maximum absolute atomic E-state index is 14.0. The summed E-state index contributed by atoms with van der Waals surface area (Å²) in [4.78, 5) is 26.2. The average molecular weight is 459 g/mol. The third-order valence-corrected chi connectivity index (χ3v) is 6.21. The van der Waals surface area contributed by atoms with E-state index in [9.17, 15) is 9.18 Å². The van der Waals surface area contributed by atoms with E-state index in [1.54, 1.807) is 12.3 Å². The van der Waals surface area contributed by atoms with Crippen LogP contribution in [-0.2, 0) is 6.54 Å². The maximum atomic E-state index is 14.0. The predicted octanol–water partition coefficient (Wildman–Crippen LogP) is 4.53. The van der Waals surface area contributed by atoms with Crippen LogP contribution in [0.5, 0.6) is 0 Å². The van der Waals surface area contributed by atoms with Gasteiger partial charge in [0.1, 0.15) is 17.2 Å². The van der Waals surface area contributed by atoms with Crippen molar-refractivity contribution in [1.29, 1.82) is 0 Å². The van der Waals surface area contributed by atoms with Gasteiger partial charge in [-0.05, 0) is 61.4 Å². The van der Waals surface area contributed by atoms with E-state index in [2.05, 4.69) is 15.2 Å². The molecule has 2 aromatic heterocycles. The monoisotopic (exact) mass is 458 g/mol. The molecule has 5 rings (SSSR count). The van der Waals surface area contributed by atoms with Crippen LogP contribution in [-0.4, -0.2) is 56.5 Å². The van der Waals surface area contributed by atoms with Crippen LogP contribution in [0.3, 0.4) is 0 Å². The molecule has 174 valence electrons. The number of nitrogens with one attached hydrogen (secondary N) is 1. The first-order chi connectivity index (χ1) is 16.5. The SMILES string of the molecule is Cc1ccc(C)c(NC(=O)N2CCN(Cc3nc4cccnc4n3-c3cccc(F)c3)CC2)c1. The lowest BCUT2D eigenvalue weighted by atomic mass is 10.1. The van der Waals surface area contributed by atoms with Gasteiger partial charge in [0.2, 0.25) is 0 Å². The first-order valence-corrected chi connectivity index (χ1v) is 11.4. The highest BCUT2D eigenvalue weighted by molar-refractivity contribution is 5.90. The molecule has 0 saturated carbocycles. The second kappa shape index (κ2) is 9.23. The normalized spacial score (nSPS) is 14.5. The molecule has 0 spiro atoms. The first kappa shape index (κ1) is 22.0. The van der Waals surface area contributed by atoms with E-state index in [4.69, 9.17) is 4.98 Å². The summed E-state index contributed by atoms with van der Waals surface area (Å²) in [6.07, 6.45) is 1.72. The summed E-state index contributed by atoms with van der Waals surface area (Å²) in [5.41, 5.74) is 5.18. The van der Waals surface area contributed by atoms with Crippen LogP contribution in [0.15, 0.2) is 60.8 Å². The highest BCUT2D eigenvalue weighted by Gasteiger charge is 2.24. The summed E-state index contributed by atoms with van der Waals surface area (Å²) < 4.78 is 15.9. The van der Waals surface area contributed by atoms with Gasteiger partial charge in [-0.1, -0.05) is 18.2 Å². The zero-order valence-corrected chi connectivity index (χ0v) is 19.3. The molecule has 1 N–H and O–H groups in total. The number of imidazole rings is 1. The van der Waals surface area contributed by atoms with Crippen LogP contribution in [0.4, 0.5) is 14.9 Å². The Morgan fingerprint density at radius 2 is 1.85 bits per heavy atom. The van der Waals surface area contributed by atoms with Gasteiger partial charge in [-0.25, -0.2) is 19.2 Å². The number of carbonyl (C=O) groups excluding carboxylic acids is 1. The lowest BCUT2D eigenvalue weighted by Crippen LogP contribution is -2.49. The van der Waals surface area contributed by atoms with E-state index in [1.165, 1.54) is 12.1 Å². The summed E-state index contributed by atoms with van der Waals surface area (Å²) in [6.45, 7) is 7.27. The number of piperazine rings is 1. The molecular weight excluding hydrogens is 431 g/mol. The fraction of sp³-hybridized carbons (Fsp3) is 0.269. The quantitative estimate of drug-likeness (QED) is 0.488. The van der Waals surface area contributed by atoms with Crippen molar-refractivity contribution >= 4 is 22.9 Å². The van der Waals surface area contributed by atoms with Crippen molar-refractivity contribution in [3.05, 3.63) is 83.6 Å². The van der Waals surface area contributed by atoms with Crippen LogP contribution >= 0.6 is 0 Å². The Kier molecular flexibility index (Phi) is 5.98. The third-order valence-electron chi connectivity index (χ3n) is 6.21. The van der Waals surface area contributed by atoms with Crippen LogP contribution in [0.25, 0.3) is 16.9 Å². The Hall–Kier alpha value is -3.78. The van der Waals surface area contributed by atoms with Gasteiger partial charge in [0.15, 0.2) is 5.65 Å². The van der Waals surface area contributed by atoms with Gasteiger partial charge in [0.25, 0.3) is 0 Å². The van der Waals surface area contributed by atoms with Crippen molar-refractivity contribution in [3.8, 4) is 5.69 Å². The Morgan fingerprint density at radius 3 is 2.65 bits per heavy atom. The number of pyridine rings is 1. The molecule has 3 heterocycles. The number of nitrogens with zero attached hydrogens (tertiary/aromatic N) is 5. The van der Waals surface area contributed by atoms with Gasteiger partial charge in [-0.2, -0.15) is 0 Å². The molecule has 8 heteroatoms. The summed E-state index contributed by atoms with van der Waals surface area (Å²) in [5, 5.41) is 3.05. The molecule has 0 bridgehead atoms. The summed E-state index contributed by atoms with van der Waals surface area (Å²) in [7, 11) is 0. The van der Waals surface area contributed by atoms with Gasteiger partial charge in [-0.15, -0.1) is 0 Å². The highest BCUT2D eigenvalue weighted by Crippen LogP contribution is 2.22. The Morgan fingerprint density at radius 1 is 1.03 bits per heavy atom. The van der Waals surface area contributed by atoms with Crippen LogP contribution in [0, 0.1) is 19.7 Å². The van der Waals surface area contributed by atoms with Crippen molar-refractivity contribution in [2.45, 2.75) is 20.4 Å². The van der Waals surface area contributed by atoms with E-state index < -0.39 is 0 Å². The van der Waals surface area contributed by atoms with Crippen molar-refractivity contribution in [3.63, 3.8) is 0 Å². The van der Waals surface area contributed by atoms with Gasteiger partial charge in [0, 0.05) is 38.1 Å². The number of anilines is 1. The number of amides is 2. The van der Waals surface area contributed by atoms with Gasteiger partial charge in [-0.3, -0.25) is 9.47 Å². The number of carbonyl (C=O) groups is 1. The molecule has 0 atom stereocenters. The number of hydrogen-bond donors (Lipinski definition) is 1. The maximum Gasteiger partial charge on any atom is 0.321 e. The smallest absolute Gasteiger partial charge is 0.321 e. The van der Waals surface area contributed by atoms with Crippen molar-refractivity contribution in [2.24, 2.45) is 0 Å². The number of urea groups is 1. The van der Waals surface area contributed by atoms with Crippen molar-refractivity contribution < 1.29 is 9.18 Å². The van der Waals surface area contributed by atoms with E-state index in [0.717, 1.165) is 41.2 Å². The minimum Gasteiger partial charge on any atom is -0.322 e. The Labute approximate surface area is 197 Å². The van der Waals surface area contributed by atoms with Crippen LogP contribution in [0.2, 0.25) is 0 Å². The average Bonchev–Trinajstić information content (AvgIpc) is 3.19. The van der Waals surface area contributed by atoms with E-state index in [0.29, 0.717) is 31.0 Å². The highest BCUT2D eigenvalue weighted by atomic mass is 19.1.